The summed E-state index contributed by atoms with van der Waals surface area (Å²) in [6, 6.07) is 12.9. The largest absolute Gasteiger partial charge is 0.359 e. The van der Waals surface area contributed by atoms with Crippen molar-refractivity contribution in [3.05, 3.63) is 42.5 Å². The van der Waals surface area contributed by atoms with Crippen LogP contribution < -0.4 is 5.32 Å². The third-order valence-electron chi connectivity index (χ3n) is 4.43. The van der Waals surface area contributed by atoms with Crippen LogP contribution in [0.25, 0.3) is 10.8 Å². The number of carbonyl (C=O) groups is 1. The van der Waals surface area contributed by atoms with Crippen LogP contribution in [0.1, 0.15) is 12.8 Å². The molecule has 0 aliphatic carbocycles. The van der Waals surface area contributed by atoms with Gasteiger partial charge in [0.15, 0.2) is 0 Å². The van der Waals surface area contributed by atoms with Crippen LogP contribution in [0.15, 0.2) is 47.4 Å². The highest BCUT2D eigenvalue weighted by Gasteiger charge is 2.31. The second-order valence-electron chi connectivity index (χ2n) is 5.80. The lowest BCUT2D eigenvalue weighted by Gasteiger charge is -2.30. The predicted octanol–water partition coefficient (Wildman–Crippen LogP) is 1.99. The van der Waals surface area contributed by atoms with Crippen molar-refractivity contribution in [1.29, 1.82) is 0 Å². The summed E-state index contributed by atoms with van der Waals surface area (Å²) in [5.41, 5.74) is 0. The normalized spacial score (nSPS) is 17.3. The Kier molecular flexibility index (Phi) is 4.37. The molecular weight excluding hydrogens is 312 g/mol. The molecule has 1 amide bonds. The van der Waals surface area contributed by atoms with Gasteiger partial charge in [-0.2, -0.15) is 4.31 Å². The molecule has 1 N–H and O–H groups in total. The maximum atomic E-state index is 12.8. The molecule has 1 heterocycles. The van der Waals surface area contributed by atoms with Crippen LogP contribution in [0.3, 0.4) is 0 Å². The Balaban J connectivity index is 1.82. The van der Waals surface area contributed by atoms with Crippen LogP contribution in [-0.4, -0.2) is 38.8 Å². The SMILES string of the molecule is CNC(=O)C1CCN(S(=O)(=O)c2ccc3ccccc3c2)CC1. The number of nitrogens with zero attached hydrogens (tertiary/aromatic N) is 1. The molecule has 1 aliphatic heterocycles. The molecular formula is C17H20N2O3S. The molecule has 2 aromatic carbocycles. The van der Waals surface area contributed by atoms with E-state index in [4.69, 9.17) is 0 Å². The molecule has 0 aromatic heterocycles. The van der Waals surface area contributed by atoms with Crippen LogP contribution in [0.2, 0.25) is 0 Å². The zero-order valence-electron chi connectivity index (χ0n) is 13.0. The van der Waals surface area contributed by atoms with Crippen LogP contribution >= 0.6 is 0 Å². The fourth-order valence-corrected chi connectivity index (χ4v) is 4.54. The Hall–Kier alpha value is -1.92. The summed E-state index contributed by atoms with van der Waals surface area (Å²) < 4.78 is 27.1. The Labute approximate surface area is 136 Å². The van der Waals surface area contributed by atoms with E-state index in [9.17, 15) is 13.2 Å². The van der Waals surface area contributed by atoms with Gasteiger partial charge in [-0.1, -0.05) is 30.3 Å². The number of hydrogen-bond acceptors (Lipinski definition) is 3. The molecule has 2 aromatic rings. The maximum Gasteiger partial charge on any atom is 0.243 e. The lowest BCUT2D eigenvalue weighted by molar-refractivity contribution is -0.125. The summed E-state index contributed by atoms with van der Waals surface area (Å²) in [5, 5.41) is 4.56. The molecule has 122 valence electrons. The summed E-state index contributed by atoms with van der Waals surface area (Å²) in [6.45, 7) is 0.764. The Morgan fingerprint density at radius 2 is 1.74 bits per heavy atom. The van der Waals surface area contributed by atoms with Crippen molar-refractivity contribution >= 4 is 26.7 Å². The van der Waals surface area contributed by atoms with E-state index in [0.717, 1.165) is 10.8 Å². The average molecular weight is 332 g/mol. The first-order valence-electron chi connectivity index (χ1n) is 7.73. The highest BCUT2D eigenvalue weighted by Crippen LogP contribution is 2.26. The quantitative estimate of drug-likeness (QED) is 0.935. The molecule has 0 radical (unpaired) electrons. The van der Waals surface area contributed by atoms with E-state index in [0.29, 0.717) is 30.8 Å². The number of rotatable bonds is 3. The zero-order valence-corrected chi connectivity index (χ0v) is 13.8. The van der Waals surface area contributed by atoms with Gasteiger partial charge in [0, 0.05) is 26.1 Å². The van der Waals surface area contributed by atoms with Gasteiger partial charge < -0.3 is 5.32 Å². The Bertz CT molecular complexity index is 825. The number of hydrogen-bond donors (Lipinski definition) is 1. The Morgan fingerprint density at radius 3 is 2.39 bits per heavy atom. The minimum absolute atomic E-state index is 0.00671. The lowest BCUT2D eigenvalue weighted by Crippen LogP contribution is -2.42. The number of carbonyl (C=O) groups excluding carboxylic acids is 1. The summed E-state index contributed by atoms with van der Waals surface area (Å²) in [6.07, 6.45) is 1.12. The van der Waals surface area contributed by atoms with Gasteiger partial charge in [0.1, 0.15) is 0 Å². The Morgan fingerprint density at radius 1 is 1.09 bits per heavy atom. The van der Waals surface area contributed by atoms with Crippen LogP contribution in [0, 0.1) is 5.92 Å². The minimum atomic E-state index is -3.51. The molecule has 1 saturated heterocycles. The third-order valence-corrected chi connectivity index (χ3v) is 6.32. The van der Waals surface area contributed by atoms with Crippen molar-refractivity contribution in [2.24, 2.45) is 5.92 Å². The molecule has 0 saturated carbocycles. The van der Waals surface area contributed by atoms with Crippen molar-refractivity contribution < 1.29 is 13.2 Å². The number of piperidine rings is 1. The summed E-state index contributed by atoms with van der Waals surface area (Å²) in [7, 11) is -1.90. The van der Waals surface area contributed by atoms with Gasteiger partial charge in [0.25, 0.3) is 0 Å². The molecule has 0 unspecified atom stereocenters. The van der Waals surface area contributed by atoms with Gasteiger partial charge in [-0.05, 0) is 35.7 Å². The molecule has 6 heteroatoms. The van der Waals surface area contributed by atoms with Gasteiger partial charge >= 0.3 is 0 Å². The molecule has 0 spiro atoms. The van der Waals surface area contributed by atoms with E-state index in [1.165, 1.54) is 4.31 Å². The summed E-state index contributed by atoms with van der Waals surface area (Å²) in [5.74, 6) is -0.101. The van der Waals surface area contributed by atoms with Gasteiger partial charge in [0.2, 0.25) is 15.9 Å². The zero-order chi connectivity index (χ0) is 16.4. The van der Waals surface area contributed by atoms with Gasteiger partial charge in [-0.25, -0.2) is 8.42 Å². The average Bonchev–Trinajstić information content (AvgIpc) is 2.60. The third kappa shape index (κ3) is 3.09. The van der Waals surface area contributed by atoms with E-state index in [2.05, 4.69) is 5.32 Å². The number of benzene rings is 2. The standard InChI is InChI=1S/C17H20N2O3S/c1-18-17(20)14-8-10-19(11-9-14)23(21,22)16-7-6-13-4-2-3-5-15(13)12-16/h2-7,12,14H,8-11H2,1H3,(H,18,20). The number of nitrogens with one attached hydrogen (secondary N) is 1. The van der Waals surface area contributed by atoms with Crippen molar-refractivity contribution in [3.63, 3.8) is 0 Å². The fourth-order valence-electron chi connectivity index (χ4n) is 3.04. The lowest BCUT2D eigenvalue weighted by atomic mass is 9.97. The topological polar surface area (TPSA) is 66.5 Å². The second kappa shape index (κ2) is 6.29. The molecule has 1 fully saturated rings. The van der Waals surface area contributed by atoms with Crippen molar-refractivity contribution in [2.75, 3.05) is 20.1 Å². The van der Waals surface area contributed by atoms with Gasteiger partial charge in [-0.15, -0.1) is 0 Å². The predicted molar refractivity (Wildman–Crippen MR) is 89.5 cm³/mol. The molecule has 1 aliphatic rings. The van der Waals surface area contributed by atoms with Crippen molar-refractivity contribution in [1.82, 2.24) is 9.62 Å². The second-order valence-corrected chi connectivity index (χ2v) is 7.74. The summed E-state index contributed by atoms with van der Waals surface area (Å²) >= 11 is 0. The smallest absolute Gasteiger partial charge is 0.243 e. The molecule has 5 nitrogen and oxygen atoms in total. The van der Waals surface area contributed by atoms with E-state index >= 15 is 0 Å². The first-order chi connectivity index (χ1) is 11.0. The van der Waals surface area contributed by atoms with Crippen LogP contribution in [0.4, 0.5) is 0 Å². The van der Waals surface area contributed by atoms with Crippen molar-refractivity contribution in [3.8, 4) is 0 Å². The molecule has 23 heavy (non-hydrogen) atoms. The monoisotopic (exact) mass is 332 g/mol. The highest BCUT2D eigenvalue weighted by atomic mass is 32.2. The molecule has 3 rings (SSSR count). The van der Waals surface area contributed by atoms with Gasteiger partial charge in [-0.3, -0.25) is 4.79 Å². The first kappa shape index (κ1) is 16.0. The van der Waals surface area contributed by atoms with E-state index in [1.807, 2.05) is 30.3 Å². The van der Waals surface area contributed by atoms with Crippen LogP contribution in [-0.2, 0) is 14.8 Å². The number of amides is 1. The first-order valence-corrected chi connectivity index (χ1v) is 9.17. The number of fused-ring (bicyclic) bond motifs is 1. The van der Waals surface area contributed by atoms with Gasteiger partial charge in [0.05, 0.1) is 4.90 Å². The highest BCUT2D eigenvalue weighted by molar-refractivity contribution is 7.89. The van der Waals surface area contributed by atoms with E-state index in [1.54, 1.807) is 19.2 Å². The molecule has 0 bridgehead atoms. The maximum absolute atomic E-state index is 12.8. The van der Waals surface area contributed by atoms with Crippen LogP contribution in [0.5, 0.6) is 0 Å². The van der Waals surface area contributed by atoms with E-state index in [-0.39, 0.29) is 11.8 Å². The van der Waals surface area contributed by atoms with Crippen molar-refractivity contribution in [2.45, 2.75) is 17.7 Å². The minimum Gasteiger partial charge on any atom is -0.359 e. The van der Waals surface area contributed by atoms with E-state index < -0.39 is 10.0 Å². The number of sulfonamides is 1. The summed E-state index contributed by atoms with van der Waals surface area (Å²) in [4.78, 5) is 12.0. The molecule has 0 atom stereocenters. The fraction of sp³-hybridized carbons (Fsp3) is 0.353.